The maximum atomic E-state index is 12.7. The smallest absolute Gasteiger partial charge is 0.324 e. The van der Waals surface area contributed by atoms with E-state index in [4.69, 9.17) is 28.3 Å². The molecule has 0 spiro atoms. The van der Waals surface area contributed by atoms with E-state index in [1.54, 1.807) is 54.6 Å². The van der Waals surface area contributed by atoms with E-state index in [0.29, 0.717) is 26.7 Å². The Bertz CT molecular complexity index is 2270. The van der Waals surface area contributed by atoms with Gasteiger partial charge in [-0.05, 0) is 76.7 Å². The molecule has 0 amide bonds. The van der Waals surface area contributed by atoms with E-state index >= 15 is 0 Å². The predicted molar refractivity (Wildman–Crippen MR) is 271 cm³/mol. The standard InChI is InChI=1S/C10H11BrO3.C10H11BrO2.C9H7BrCl2O2.2C9H8BrFO2/c1-14-10(13)9(11)8-4-2-7(6-12)3-5-8;1-7-3-5-8(6-4-7)9(11)10(12)13-2;1-14-9(13)8(10)6-3-2-5(11)4-7(6)12;1-13-9(12)8(10)6-2-4-7(11)5-3-6;1-13-9(12)8(10)6-3-2-4-7(11)5-6/h2-5,9,12H,6H2,1H3;3-6,9H,1-2H3;2-4,8H,1H3;2*2-5,8H,1H3. The van der Waals surface area contributed by atoms with Gasteiger partial charge in [-0.1, -0.05) is 187 Å². The summed E-state index contributed by atoms with van der Waals surface area (Å²) in [6, 6.07) is 31.2. The van der Waals surface area contributed by atoms with Crippen LogP contribution in [0.5, 0.6) is 0 Å². The fourth-order valence-corrected chi connectivity index (χ4v) is 7.90. The van der Waals surface area contributed by atoms with Crippen molar-refractivity contribution in [2.45, 2.75) is 37.7 Å². The van der Waals surface area contributed by atoms with Crippen LogP contribution in [0.25, 0.3) is 0 Å². The highest BCUT2D eigenvalue weighted by molar-refractivity contribution is 9.10. The van der Waals surface area contributed by atoms with Gasteiger partial charge in [-0.2, -0.15) is 0 Å². The van der Waals surface area contributed by atoms with Gasteiger partial charge in [0.2, 0.25) is 0 Å². The SMILES string of the molecule is COC(=O)C(Br)c1ccc(C)cc1.COC(=O)C(Br)c1ccc(CO)cc1.COC(=O)C(Br)c1ccc(Cl)cc1Cl.COC(=O)C(Br)c1ccc(F)cc1.COC(=O)C(Br)c1cccc(F)c1. The fourth-order valence-electron chi connectivity index (χ4n) is 4.72. The van der Waals surface area contributed by atoms with Gasteiger partial charge in [0.05, 0.1) is 42.2 Å². The van der Waals surface area contributed by atoms with Gasteiger partial charge < -0.3 is 28.8 Å². The van der Waals surface area contributed by atoms with Gasteiger partial charge in [0.15, 0.2) is 0 Å². The molecule has 0 aliphatic rings. The summed E-state index contributed by atoms with van der Waals surface area (Å²) in [4.78, 5) is 53.0. The number of aliphatic hydroxyl groups excluding tert-OH is 1. The maximum Gasteiger partial charge on any atom is 0.324 e. The molecule has 0 aliphatic carbocycles. The first kappa shape index (κ1) is 61.3. The monoisotopic (exact) mass is 1290 g/mol. The summed E-state index contributed by atoms with van der Waals surface area (Å²) in [6.45, 7) is 2.01. The van der Waals surface area contributed by atoms with Crippen molar-refractivity contribution < 1.29 is 61.5 Å². The van der Waals surface area contributed by atoms with Crippen LogP contribution in [-0.4, -0.2) is 70.5 Å². The summed E-state index contributed by atoms with van der Waals surface area (Å²) >= 11 is 27.5. The van der Waals surface area contributed by atoms with Crippen molar-refractivity contribution in [3.8, 4) is 0 Å². The van der Waals surface area contributed by atoms with Gasteiger partial charge in [0.1, 0.15) is 35.8 Å². The molecule has 0 bridgehead atoms. The number of aryl methyl sites for hydroxylation is 1. The number of carbonyl (C=O) groups excluding carboxylic acids is 5. The maximum absolute atomic E-state index is 12.7. The molecule has 0 fully saturated rings. The Kier molecular flexibility index (Phi) is 30.1. The Labute approximate surface area is 439 Å². The Balaban J connectivity index is 0.000000419. The first-order chi connectivity index (χ1) is 31.7. The number of hydrogen-bond acceptors (Lipinski definition) is 11. The number of alkyl halides is 5. The second-order valence-corrected chi connectivity index (χ2v) is 18.4. The van der Waals surface area contributed by atoms with Crippen LogP contribution in [0.3, 0.4) is 0 Å². The number of carbonyl (C=O) groups is 5. The molecule has 0 aromatic heterocycles. The average Bonchev–Trinajstić information content (AvgIpc) is 3.35. The van der Waals surface area contributed by atoms with Crippen molar-refractivity contribution in [2.24, 2.45) is 0 Å². The third-order valence-electron chi connectivity index (χ3n) is 8.41. The number of rotatable bonds is 11. The number of methoxy groups -OCH3 is 5. The second-order valence-electron chi connectivity index (χ2n) is 13.0. The number of aliphatic hydroxyl groups is 1. The Morgan fingerprint density at radius 1 is 0.493 bits per heavy atom. The highest BCUT2D eigenvalue weighted by Gasteiger charge is 2.21. The van der Waals surface area contributed by atoms with Crippen LogP contribution in [0.4, 0.5) is 8.78 Å². The molecule has 0 heterocycles. The minimum absolute atomic E-state index is 0.00541. The molecule has 5 unspecified atom stereocenters. The molecule has 67 heavy (non-hydrogen) atoms. The van der Waals surface area contributed by atoms with E-state index in [1.165, 1.54) is 77.5 Å². The fraction of sp³-hybridized carbons (Fsp3) is 0.255. The summed E-state index contributed by atoms with van der Waals surface area (Å²) in [5.74, 6) is -2.53. The van der Waals surface area contributed by atoms with Gasteiger partial charge in [0, 0.05) is 10.0 Å². The molecule has 5 atom stereocenters. The summed E-state index contributed by atoms with van der Waals surface area (Å²) in [5, 5.41) is 9.78. The lowest BCUT2D eigenvalue weighted by Gasteiger charge is -2.09. The van der Waals surface area contributed by atoms with Crippen LogP contribution in [-0.2, 0) is 54.3 Å². The number of halogens is 9. The highest BCUT2D eigenvalue weighted by Crippen LogP contribution is 2.32. The summed E-state index contributed by atoms with van der Waals surface area (Å²) in [5.41, 5.74) is 5.58. The third-order valence-corrected chi connectivity index (χ3v) is 13.4. The van der Waals surface area contributed by atoms with Crippen LogP contribution in [0.2, 0.25) is 10.0 Å². The topological polar surface area (TPSA) is 152 Å². The molecule has 11 nitrogen and oxygen atoms in total. The molecule has 5 rings (SSSR count). The molecular formula is C47H45Br5Cl2F2O11. The lowest BCUT2D eigenvalue weighted by molar-refractivity contribution is -0.140. The predicted octanol–water partition coefficient (Wildman–Crippen LogP) is 12.9. The van der Waals surface area contributed by atoms with E-state index < -0.39 is 37.2 Å². The van der Waals surface area contributed by atoms with E-state index in [9.17, 15) is 32.8 Å². The summed E-state index contributed by atoms with van der Waals surface area (Å²) in [7, 11) is 6.64. The van der Waals surface area contributed by atoms with Crippen LogP contribution >= 0.6 is 103 Å². The number of esters is 5. The molecule has 362 valence electrons. The van der Waals surface area contributed by atoms with Crippen molar-refractivity contribution in [3.05, 3.63) is 176 Å². The van der Waals surface area contributed by atoms with Gasteiger partial charge in [-0.25, -0.2) is 8.78 Å². The first-order valence-corrected chi connectivity index (χ1v) is 24.3. The largest absolute Gasteiger partial charge is 0.468 e. The molecule has 1 N–H and O–H groups in total. The Morgan fingerprint density at radius 3 is 1.24 bits per heavy atom. The molecule has 0 radical (unpaired) electrons. The zero-order valence-corrected chi connectivity index (χ0v) is 45.9. The van der Waals surface area contributed by atoms with Gasteiger partial charge >= 0.3 is 29.8 Å². The van der Waals surface area contributed by atoms with Crippen LogP contribution in [0, 0.1) is 18.6 Å². The average molecular weight is 1290 g/mol. The summed E-state index contributed by atoms with van der Waals surface area (Å²) in [6.07, 6.45) is 0. The lowest BCUT2D eigenvalue weighted by Crippen LogP contribution is -2.08. The molecule has 5 aromatic carbocycles. The van der Waals surface area contributed by atoms with E-state index in [1.807, 2.05) is 31.2 Å². The van der Waals surface area contributed by atoms with Crippen molar-refractivity contribution in [1.29, 1.82) is 0 Å². The molecule has 20 heteroatoms. The summed E-state index contributed by atoms with van der Waals surface area (Å²) < 4.78 is 48.0. The normalized spacial score (nSPS) is 12.2. The molecular weight excluding hydrogens is 1250 g/mol. The second kappa shape index (κ2) is 32.9. The first-order valence-electron chi connectivity index (χ1n) is 19.0. The quantitative estimate of drug-likeness (QED) is 0.0764. The van der Waals surface area contributed by atoms with Crippen molar-refractivity contribution in [2.75, 3.05) is 35.5 Å². The Morgan fingerprint density at radius 2 is 0.866 bits per heavy atom. The van der Waals surface area contributed by atoms with Crippen molar-refractivity contribution in [1.82, 2.24) is 0 Å². The molecule has 0 saturated carbocycles. The number of hydrogen-bond donors (Lipinski definition) is 1. The van der Waals surface area contributed by atoms with E-state index in [-0.39, 0.29) is 35.0 Å². The van der Waals surface area contributed by atoms with Gasteiger partial charge in [-0.3, -0.25) is 24.0 Å². The van der Waals surface area contributed by atoms with Crippen molar-refractivity contribution >= 4 is 133 Å². The van der Waals surface area contributed by atoms with E-state index in [2.05, 4.69) is 103 Å². The Hall–Kier alpha value is -3.75. The minimum atomic E-state index is -0.604. The van der Waals surface area contributed by atoms with Gasteiger partial charge in [0.25, 0.3) is 0 Å². The zero-order valence-electron chi connectivity index (χ0n) is 36.5. The number of ether oxygens (including phenoxy) is 5. The van der Waals surface area contributed by atoms with E-state index in [0.717, 1.165) is 16.7 Å². The molecule has 0 saturated heterocycles. The van der Waals surface area contributed by atoms with Gasteiger partial charge in [-0.15, -0.1) is 0 Å². The minimum Gasteiger partial charge on any atom is -0.468 e. The molecule has 5 aromatic rings. The lowest BCUT2D eigenvalue weighted by atomic mass is 10.1. The van der Waals surface area contributed by atoms with Crippen LogP contribution in [0.1, 0.15) is 63.1 Å². The molecule has 0 aliphatic heterocycles. The zero-order chi connectivity index (χ0) is 50.8. The van der Waals surface area contributed by atoms with Crippen LogP contribution in [0.15, 0.2) is 115 Å². The van der Waals surface area contributed by atoms with Crippen LogP contribution < -0.4 is 0 Å². The van der Waals surface area contributed by atoms with Crippen molar-refractivity contribution in [3.63, 3.8) is 0 Å². The third kappa shape index (κ3) is 22.0. The highest BCUT2D eigenvalue weighted by atomic mass is 79.9. The number of benzene rings is 5.